The highest BCUT2D eigenvalue weighted by molar-refractivity contribution is 5.80. The average Bonchev–Trinajstić information content (AvgIpc) is 2.56. The summed E-state index contributed by atoms with van der Waals surface area (Å²) in [5.41, 5.74) is 0. The zero-order chi connectivity index (χ0) is 16.0. The van der Waals surface area contributed by atoms with Gasteiger partial charge in [-0.15, -0.1) is 0 Å². The molecule has 7 nitrogen and oxygen atoms in total. The molecule has 128 valence electrons. The first-order chi connectivity index (χ1) is 10.8. The lowest BCUT2D eigenvalue weighted by molar-refractivity contribution is -0.140. The van der Waals surface area contributed by atoms with E-state index in [2.05, 4.69) is 20.4 Å². The maximum atomic E-state index is 11.0. The molecule has 0 unspecified atom stereocenters. The summed E-state index contributed by atoms with van der Waals surface area (Å²) in [5.74, 6) is 1.10. The molecule has 2 N–H and O–H groups in total. The molecule has 0 saturated carbocycles. The van der Waals surface area contributed by atoms with E-state index in [9.17, 15) is 4.79 Å². The number of nitrogens with one attached hydrogen (secondary N) is 2. The van der Waals surface area contributed by atoms with Gasteiger partial charge in [0.25, 0.3) is 0 Å². The van der Waals surface area contributed by atoms with Crippen molar-refractivity contribution < 1.29 is 19.0 Å². The Hall–Kier alpha value is -1.34. The van der Waals surface area contributed by atoms with Crippen LogP contribution in [0, 0.1) is 5.92 Å². The van der Waals surface area contributed by atoms with Crippen LogP contribution in [0.1, 0.15) is 25.7 Å². The van der Waals surface area contributed by atoms with Crippen LogP contribution < -0.4 is 10.6 Å². The first-order valence-corrected chi connectivity index (χ1v) is 7.93. The Morgan fingerprint density at radius 2 is 2.00 bits per heavy atom. The Bertz CT molecular complexity index is 331. The molecule has 1 saturated heterocycles. The number of carbonyl (C=O) groups is 1. The lowest BCUT2D eigenvalue weighted by Gasteiger charge is -2.21. The fraction of sp³-hybridized carbons (Fsp3) is 0.867. The zero-order valence-electron chi connectivity index (χ0n) is 13.7. The van der Waals surface area contributed by atoms with E-state index in [1.54, 1.807) is 7.05 Å². The SMILES string of the molecule is CN=C(NCCCOCC1CCOCC1)NCCC(=O)OC. The molecule has 0 amide bonds. The quantitative estimate of drug-likeness (QED) is 0.280. The van der Waals surface area contributed by atoms with Gasteiger partial charge in [-0.1, -0.05) is 0 Å². The lowest BCUT2D eigenvalue weighted by atomic mass is 10.0. The summed E-state index contributed by atoms with van der Waals surface area (Å²) in [7, 11) is 3.09. The summed E-state index contributed by atoms with van der Waals surface area (Å²) in [4.78, 5) is 15.1. The van der Waals surface area contributed by atoms with E-state index in [0.717, 1.165) is 52.2 Å². The van der Waals surface area contributed by atoms with Crippen LogP contribution in [0.4, 0.5) is 0 Å². The van der Waals surface area contributed by atoms with E-state index in [1.165, 1.54) is 7.11 Å². The van der Waals surface area contributed by atoms with Gasteiger partial charge in [-0.05, 0) is 25.2 Å². The summed E-state index contributed by atoms with van der Waals surface area (Å²) in [6.07, 6.45) is 3.45. The van der Waals surface area contributed by atoms with Gasteiger partial charge in [0.15, 0.2) is 5.96 Å². The minimum atomic E-state index is -0.232. The molecule has 0 aromatic rings. The van der Waals surface area contributed by atoms with E-state index in [1.807, 2.05) is 0 Å². The number of guanidine groups is 1. The van der Waals surface area contributed by atoms with Crippen molar-refractivity contribution in [1.29, 1.82) is 0 Å². The van der Waals surface area contributed by atoms with Crippen LogP contribution in [0.2, 0.25) is 0 Å². The highest BCUT2D eigenvalue weighted by Crippen LogP contribution is 2.14. The molecule has 0 aromatic carbocycles. The molecular weight excluding hydrogens is 286 g/mol. The summed E-state index contributed by atoms with van der Waals surface area (Å²) >= 11 is 0. The topological polar surface area (TPSA) is 81.2 Å². The van der Waals surface area contributed by atoms with E-state index in [-0.39, 0.29) is 5.97 Å². The van der Waals surface area contributed by atoms with Crippen molar-refractivity contribution in [3.63, 3.8) is 0 Å². The van der Waals surface area contributed by atoms with E-state index in [4.69, 9.17) is 9.47 Å². The zero-order valence-corrected chi connectivity index (χ0v) is 13.7. The van der Waals surface area contributed by atoms with Crippen molar-refractivity contribution in [1.82, 2.24) is 10.6 Å². The molecule has 0 aromatic heterocycles. The van der Waals surface area contributed by atoms with Gasteiger partial charge in [-0.2, -0.15) is 0 Å². The van der Waals surface area contributed by atoms with Crippen LogP contribution >= 0.6 is 0 Å². The summed E-state index contributed by atoms with van der Waals surface area (Å²) in [6.45, 7) is 4.59. The van der Waals surface area contributed by atoms with Crippen molar-refractivity contribution >= 4 is 11.9 Å². The third-order valence-corrected chi connectivity index (χ3v) is 3.53. The minimum absolute atomic E-state index is 0.232. The molecule has 0 aliphatic carbocycles. The van der Waals surface area contributed by atoms with Gasteiger partial charge < -0.3 is 24.8 Å². The van der Waals surface area contributed by atoms with Crippen molar-refractivity contribution in [3.8, 4) is 0 Å². The summed E-state index contributed by atoms with van der Waals surface area (Å²) in [6, 6.07) is 0. The predicted molar refractivity (Wildman–Crippen MR) is 85.0 cm³/mol. The van der Waals surface area contributed by atoms with Gasteiger partial charge in [-0.25, -0.2) is 0 Å². The molecule has 1 aliphatic heterocycles. The van der Waals surface area contributed by atoms with Gasteiger partial charge in [0.1, 0.15) is 0 Å². The first kappa shape index (κ1) is 18.7. The van der Waals surface area contributed by atoms with E-state index in [0.29, 0.717) is 24.8 Å². The van der Waals surface area contributed by atoms with Gasteiger partial charge in [-0.3, -0.25) is 9.79 Å². The number of carbonyl (C=O) groups excluding carboxylic acids is 1. The second kappa shape index (κ2) is 12.2. The van der Waals surface area contributed by atoms with Gasteiger partial charge in [0, 0.05) is 46.6 Å². The van der Waals surface area contributed by atoms with Crippen LogP contribution in [0.25, 0.3) is 0 Å². The molecule has 22 heavy (non-hydrogen) atoms. The second-order valence-electron chi connectivity index (χ2n) is 5.24. The maximum Gasteiger partial charge on any atom is 0.307 e. The third kappa shape index (κ3) is 8.84. The number of ether oxygens (including phenoxy) is 3. The van der Waals surface area contributed by atoms with Crippen molar-refractivity contribution in [2.24, 2.45) is 10.9 Å². The largest absolute Gasteiger partial charge is 0.469 e. The number of hydrogen-bond acceptors (Lipinski definition) is 5. The molecule has 1 rings (SSSR count). The number of esters is 1. The van der Waals surface area contributed by atoms with Crippen molar-refractivity contribution in [3.05, 3.63) is 0 Å². The fourth-order valence-corrected chi connectivity index (χ4v) is 2.15. The molecule has 0 bridgehead atoms. The normalized spacial score (nSPS) is 16.4. The molecule has 1 aliphatic rings. The predicted octanol–water partition coefficient (Wildman–Crippen LogP) is 0.548. The summed E-state index contributed by atoms with van der Waals surface area (Å²) < 4.78 is 15.6. The van der Waals surface area contributed by atoms with Crippen LogP contribution in [0.5, 0.6) is 0 Å². The molecule has 0 atom stereocenters. The van der Waals surface area contributed by atoms with Crippen LogP contribution in [0.3, 0.4) is 0 Å². The average molecular weight is 315 g/mol. The second-order valence-corrected chi connectivity index (χ2v) is 5.24. The van der Waals surface area contributed by atoms with Crippen LogP contribution in [-0.2, 0) is 19.0 Å². The Balaban J connectivity index is 1.96. The maximum absolute atomic E-state index is 11.0. The molecule has 0 spiro atoms. The smallest absolute Gasteiger partial charge is 0.307 e. The van der Waals surface area contributed by atoms with Crippen LogP contribution in [-0.4, -0.2) is 65.6 Å². The highest BCUT2D eigenvalue weighted by Gasteiger charge is 2.13. The van der Waals surface area contributed by atoms with E-state index < -0.39 is 0 Å². The number of hydrogen-bond donors (Lipinski definition) is 2. The Morgan fingerprint density at radius 1 is 1.27 bits per heavy atom. The van der Waals surface area contributed by atoms with Crippen molar-refractivity contribution in [2.75, 3.05) is 53.7 Å². The number of nitrogens with zero attached hydrogens (tertiary/aromatic N) is 1. The first-order valence-electron chi connectivity index (χ1n) is 7.93. The fourth-order valence-electron chi connectivity index (χ4n) is 2.15. The van der Waals surface area contributed by atoms with Gasteiger partial charge in [0.05, 0.1) is 13.5 Å². The van der Waals surface area contributed by atoms with Crippen molar-refractivity contribution in [2.45, 2.75) is 25.7 Å². The Kier molecular flexibility index (Phi) is 10.4. The van der Waals surface area contributed by atoms with Gasteiger partial charge >= 0.3 is 5.97 Å². The van der Waals surface area contributed by atoms with Crippen LogP contribution in [0.15, 0.2) is 4.99 Å². The van der Waals surface area contributed by atoms with Gasteiger partial charge in [0.2, 0.25) is 0 Å². The monoisotopic (exact) mass is 315 g/mol. The molecule has 1 fully saturated rings. The lowest BCUT2D eigenvalue weighted by Crippen LogP contribution is -2.39. The number of aliphatic imine (C=N–C) groups is 1. The Morgan fingerprint density at radius 3 is 2.68 bits per heavy atom. The molecule has 7 heteroatoms. The Labute approximate surface area is 132 Å². The molecule has 0 radical (unpaired) electrons. The third-order valence-electron chi connectivity index (χ3n) is 3.53. The number of rotatable bonds is 9. The highest BCUT2D eigenvalue weighted by atomic mass is 16.5. The number of methoxy groups -OCH3 is 1. The standard InChI is InChI=1S/C15H29N3O4/c1-16-15(18-8-4-14(19)20-2)17-7-3-9-22-12-13-5-10-21-11-6-13/h13H,3-12H2,1-2H3,(H2,16,17,18). The summed E-state index contributed by atoms with van der Waals surface area (Å²) in [5, 5.41) is 6.25. The molecule has 1 heterocycles. The van der Waals surface area contributed by atoms with E-state index >= 15 is 0 Å². The molecular formula is C15H29N3O4. The minimum Gasteiger partial charge on any atom is -0.469 e.